The fourth-order valence-corrected chi connectivity index (χ4v) is 3.70. The van der Waals surface area contributed by atoms with Crippen molar-refractivity contribution in [1.29, 1.82) is 0 Å². The summed E-state index contributed by atoms with van der Waals surface area (Å²) in [5.74, 6) is 2.02. The molecule has 1 saturated heterocycles. The zero-order valence-corrected chi connectivity index (χ0v) is 15.6. The first-order valence-electron chi connectivity index (χ1n) is 9.11. The van der Waals surface area contributed by atoms with E-state index in [1.165, 1.54) is 16.5 Å². The topological polar surface area (TPSA) is 40.6 Å². The summed E-state index contributed by atoms with van der Waals surface area (Å²) in [6.45, 7) is 5.47. The Morgan fingerprint density at radius 1 is 1.12 bits per heavy atom. The average Bonchev–Trinajstić information content (AvgIpc) is 3.18. The molecule has 26 heavy (non-hydrogen) atoms. The van der Waals surface area contributed by atoms with E-state index < -0.39 is 0 Å². The first-order chi connectivity index (χ1) is 12.6. The van der Waals surface area contributed by atoms with Crippen molar-refractivity contribution in [1.82, 2.24) is 9.88 Å². The number of para-hydroxylation sites is 1. The summed E-state index contributed by atoms with van der Waals surface area (Å²) in [5.41, 5.74) is 3.58. The first-order valence-corrected chi connectivity index (χ1v) is 9.11. The van der Waals surface area contributed by atoms with Gasteiger partial charge in [0.1, 0.15) is 11.6 Å². The summed E-state index contributed by atoms with van der Waals surface area (Å²) in [4.78, 5) is 10.8. The Labute approximate surface area is 154 Å². The number of fused-ring (bicyclic) bond motifs is 1. The van der Waals surface area contributed by atoms with Gasteiger partial charge in [0.15, 0.2) is 0 Å². The molecule has 4 heteroatoms. The third kappa shape index (κ3) is 3.07. The molecule has 0 spiro atoms. The van der Waals surface area contributed by atoms with E-state index in [9.17, 15) is 0 Å². The van der Waals surface area contributed by atoms with E-state index in [1.54, 1.807) is 7.11 Å². The number of benzene rings is 2. The van der Waals surface area contributed by atoms with Gasteiger partial charge in [-0.15, -0.1) is 0 Å². The summed E-state index contributed by atoms with van der Waals surface area (Å²) < 4.78 is 5.24. The standard InChI is InChI=1S/C22H25N3O/c1-22(2)13-12-21(24-17-8-10-18(26-3)11-9-17)25(22)15-16-14-23-20-7-5-4-6-19(16)20/h4-11,14,23H,12-13,15H2,1-3H3/b24-21-. The SMILES string of the molecule is COc1ccc(/N=C2/CCC(C)(C)N2Cc2c[nH]c3ccccc23)cc1. The molecule has 0 atom stereocenters. The molecule has 4 nitrogen and oxygen atoms in total. The maximum atomic E-state index is 5.24. The molecule has 0 radical (unpaired) electrons. The molecule has 3 aromatic rings. The average molecular weight is 347 g/mol. The highest BCUT2D eigenvalue weighted by Gasteiger charge is 2.36. The second-order valence-electron chi connectivity index (χ2n) is 7.48. The van der Waals surface area contributed by atoms with Gasteiger partial charge in [-0.1, -0.05) is 18.2 Å². The van der Waals surface area contributed by atoms with Gasteiger partial charge in [0.25, 0.3) is 0 Å². The van der Waals surface area contributed by atoms with E-state index in [0.29, 0.717) is 0 Å². The van der Waals surface area contributed by atoms with Gasteiger partial charge in [0.05, 0.1) is 12.8 Å². The molecule has 1 aliphatic rings. The molecule has 2 aromatic carbocycles. The van der Waals surface area contributed by atoms with Gasteiger partial charge in [-0.2, -0.15) is 0 Å². The van der Waals surface area contributed by atoms with Crippen LogP contribution in [0.25, 0.3) is 10.9 Å². The van der Waals surface area contributed by atoms with E-state index in [-0.39, 0.29) is 5.54 Å². The summed E-state index contributed by atoms with van der Waals surface area (Å²) in [6, 6.07) is 16.4. The number of likely N-dealkylation sites (tertiary alicyclic amines) is 1. The van der Waals surface area contributed by atoms with E-state index in [2.05, 4.69) is 54.2 Å². The highest BCUT2D eigenvalue weighted by molar-refractivity contribution is 5.89. The molecule has 0 aliphatic carbocycles. The van der Waals surface area contributed by atoms with Gasteiger partial charge in [-0.05, 0) is 56.2 Å². The van der Waals surface area contributed by atoms with Gasteiger partial charge >= 0.3 is 0 Å². The summed E-state index contributed by atoms with van der Waals surface area (Å²) in [7, 11) is 1.68. The largest absolute Gasteiger partial charge is 0.497 e. The molecule has 0 amide bonds. The lowest BCUT2D eigenvalue weighted by Gasteiger charge is -2.33. The van der Waals surface area contributed by atoms with Crippen LogP contribution in [-0.4, -0.2) is 28.4 Å². The molecule has 1 aliphatic heterocycles. The quantitative estimate of drug-likeness (QED) is 0.697. The second kappa shape index (κ2) is 6.52. The van der Waals surface area contributed by atoms with E-state index in [4.69, 9.17) is 9.73 Å². The highest BCUT2D eigenvalue weighted by atomic mass is 16.5. The Hall–Kier alpha value is -2.75. The number of aromatic amines is 1. The highest BCUT2D eigenvalue weighted by Crippen LogP contribution is 2.34. The maximum absolute atomic E-state index is 5.24. The number of ether oxygens (including phenoxy) is 1. The van der Waals surface area contributed by atoms with Crippen molar-refractivity contribution < 1.29 is 4.74 Å². The minimum Gasteiger partial charge on any atom is -0.497 e. The third-order valence-corrected chi connectivity index (χ3v) is 5.34. The fraction of sp³-hybridized carbons (Fsp3) is 0.318. The zero-order chi connectivity index (χ0) is 18.1. The van der Waals surface area contributed by atoms with Crippen LogP contribution >= 0.6 is 0 Å². The van der Waals surface area contributed by atoms with E-state index in [0.717, 1.165) is 36.7 Å². The first kappa shape index (κ1) is 16.7. The molecule has 134 valence electrons. The normalized spacial score (nSPS) is 18.0. The minimum atomic E-state index is 0.101. The van der Waals surface area contributed by atoms with Crippen LogP contribution in [-0.2, 0) is 6.54 Å². The van der Waals surface area contributed by atoms with Crippen molar-refractivity contribution in [3.05, 3.63) is 60.3 Å². The smallest absolute Gasteiger partial charge is 0.119 e. The van der Waals surface area contributed by atoms with Crippen LogP contribution in [0.3, 0.4) is 0 Å². The zero-order valence-electron chi connectivity index (χ0n) is 15.6. The lowest BCUT2D eigenvalue weighted by molar-refractivity contribution is 0.232. The summed E-state index contributed by atoms with van der Waals surface area (Å²) in [6.07, 6.45) is 4.25. The van der Waals surface area contributed by atoms with Crippen molar-refractivity contribution in [2.75, 3.05) is 7.11 Å². The fourth-order valence-electron chi connectivity index (χ4n) is 3.70. The van der Waals surface area contributed by atoms with Gasteiger partial charge in [-0.25, -0.2) is 4.99 Å². The Morgan fingerprint density at radius 3 is 2.65 bits per heavy atom. The predicted octanol–water partition coefficient (Wildman–Crippen LogP) is 5.28. The summed E-state index contributed by atoms with van der Waals surface area (Å²) in [5, 5.41) is 1.29. The van der Waals surface area contributed by atoms with Crippen LogP contribution in [0.2, 0.25) is 0 Å². The van der Waals surface area contributed by atoms with E-state index in [1.807, 2.05) is 24.3 Å². The molecule has 1 N–H and O–H groups in total. The molecule has 0 unspecified atom stereocenters. The minimum absolute atomic E-state index is 0.101. The van der Waals surface area contributed by atoms with Crippen LogP contribution in [0, 0.1) is 0 Å². The van der Waals surface area contributed by atoms with Crippen LogP contribution in [0.4, 0.5) is 5.69 Å². The van der Waals surface area contributed by atoms with Crippen LogP contribution in [0.1, 0.15) is 32.3 Å². The van der Waals surface area contributed by atoms with Crippen LogP contribution in [0.5, 0.6) is 5.75 Å². The van der Waals surface area contributed by atoms with Gasteiger partial charge in [0, 0.05) is 35.6 Å². The second-order valence-corrected chi connectivity index (χ2v) is 7.48. The van der Waals surface area contributed by atoms with E-state index >= 15 is 0 Å². The molecule has 1 fully saturated rings. The lowest BCUT2D eigenvalue weighted by atomic mass is 10.0. The monoisotopic (exact) mass is 347 g/mol. The lowest BCUT2D eigenvalue weighted by Crippen LogP contribution is -2.40. The van der Waals surface area contributed by atoms with Gasteiger partial charge in [-0.3, -0.25) is 0 Å². The molecule has 0 saturated carbocycles. The van der Waals surface area contributed by atoms with Crippen molar-refractivity contribution in [3.63, 3.8) is 0 Å². The Kier molecular flexibility index (Phi) is 4.19. The van der Waals surface area contributed by atoms with Crippen molar-refractivity contribution in [2.45, 2.75) is 38.8 Å². The van der Waals surface area contributed by atoms with Crippen LogP contribution < -0.4 is 4.74 Å². The molecular weight excluding hydrogens is 322 g/mol. The number of nitrogens with one attached hydrogen (secondary N) is 1. The number of amidine groups is 1. The van der Waals surface area contributed by atoms with Gasteiger partial charge < -0.3 is 14.6 Å². The number of H-pyrrole nitrogens is 1. The molecular formula is C22H25N3O. The molecule has 2 heterocycles. The Morgan fingerprint density at radius 2 is 1.88 bits per heavy atom. The third-order valence-electron chi connectivity index (χ3n) is 5.34. The Bertz CT molecular complexity index is 937. The molecule has 0 bridgehead atoms. The van der Waals surface area contributed by atoms with Crippen molar-refractivity contribution in [3.8, 4) is 5.75 Å². The van der Waals surface area contributed by atoms with Gasteiger partial charge in [0.2, 0.25) is 0 Å². The maximum Gasteiger partial charge on any atom is 0.119 e. The molecule has 1 aromatic heterocycles. The number of aliphatic imine (C=N–C) groups is 1. The summed E-state index contributed by atoms with van der Waals surface area (Å²) >= 11 is 0. The number of methoxy groups -OCH3 is 1. The van der Waals surface area contributed by atoms with Crippen molar-refractivity contribution >= 4 is 22.4 Å². The van der Waals surface area contributed by atoms with Crippen molar-refractivity contribution in [2.24, 2.45) is 4.99 Å². The Balaban J connectivity index is 1.65. The number of hydrogen-bond acceptors (Lipinski definition) is 2. The number of aromatic nitrogens is 1. The number of hydrogen-bond donors (Lipinski definition) is 1. The predicted molar refractivity (Wildman–Crippen MR) is 107 cm³/mol. The van der Waals surface area contributed by atoms with Crippen LogP contribution in [0.15, 0.2) is 59.7 Å². The molecule has 4 rings (SSSR count). The number of rotatable bonds is 4. The number of nitrogens with zero attached hydrogens (tertiary/aromatic N) is 2.